The van der Waals surface area contributed by atoms with Gasteiger partial charge in [-0.05, 0) is 12.8 Å². The second kappa shape index (κ2) is 5.95. The van der Waals surface area contributed by atoms with Gasteiger partial charge >= 0.3 is 0 Å². The summed E-state index contributed by atoms with van der Waals surface area (Å²) in [5.74, 6) is -0.315. The van der Waals surface area contributed by atoms with E-state index >= 15 is 0 Å². The molecule has 0 spiro atoms. The molecule has 1 rings (SSSR count). The molecule has 0 aliphatic rings. The number of carbonyl (C=O) groups excluding carboxylic acids is 2. The molecule has 0 fully saturated rings. The van der Waals surface area contributed by atoms with Gasteiger partial charge < -0.3 is 5.32 Å². The molecule has 2 amide bonds. The van der Waals surface area contributed by atoms with Crippen molar-refractivity contribution < 1.29 is 9.59 Å². The Balaban J connectivity index is 2.85. The second-order valence-electron chi connectivity index (χ2n) is 4.59. The van der Waals surface area contributed by atoms with Crippen LogP contribution in [-0.2, 0) is 9.59 Å². The predicted octanol–water partition coefficient (Wildman–Crippen LogP) is 1.58. The number of thiazole rings is 1. The minimum absolute atomic E-state index is 0.0323. The van der Waals surface area contributed by atoms with Crippen LogP contribution in [0.15, 0.2) is 5.38 Å². The van der Waals surface area contributed by atoms with E-state index in [0.29, 0.717) is 5.13 Å². The standard InChI is InChI=1S/C12H19N3O2S/c1-7(2)10(14-9(4)16)11(17)15(5)12-13-8(3)6-18-12/h6-7,10H,1-5H3,(H,14,16)/t10-/m0/s1. The van der Waals surface area contributed by atoms with Gasteiger partial charge in [0.25, 0.3) is 5.91 Å². The van der Waals surface area contributed by atoms with Crippen LogP contribution in [0.3, 0.4) is 0 Å². The number of aromatic nitrogens is 1. The number of likely N-dealkylation sites (N-methyl/N-ethyl adjacent to an activating group) is 1. The Labute approximate surface area is 111 Å². The maximum absolute atomic E-state index is 12.3. The predicted molar refractivity (Wildman–Crippen MR) is 72.7 cm³/mol. The fourth-order valence-corrected chi connectivity index (χ4v) is 2.30. The Morgan fingerprint density at radius 3 is 2.44 bits per heavy atom. The molecule has 1 N–H and O–H groups in total. The van der Waals surface area contributed by atoms with Gasteiger partial charge in [0, 0.05) is 19.4 Å². The first-order valence-electron chi connectivity index (χ1n) is 5.79. The molecule has 1 heterocycles. The summed E-state index contributed by atoms with van der Waals surface area (Å²) in [6, 6.07) is -0.517. The van der Waals surface area contributed by atoms with Gasteiger partial charge in [0.05, 0.1) is 5.69 Å². The maximum Gasteiger partial charge on any atom is 0.251 e. The van der Waals surface area contributed by atoms with E-state index in [2.05, 4.69) is 10.3 Å². The van der Waals surface area contributed by atoms with E-state index in [1.165, 1.54) is 23.2 Å². The number of nitrogens with zero attached hydrogens (tertiary/aromatic N) is 2. The number of nitrogens with one attached hydrogen (secondary N) is 1. The minimum Gasteiger partial charge on any atom is -0.344 e. The molecule has 0 aliphatic carbocycles. The number of rotatable bonds is 4. The van der Waals surface area contributed by atoms with Gasteiger partial charge in [-0.15, -0.1) is 11.3 Å². The zero-order valence-electron chi connectivity index (χ0n) is 11.4. The van der Waals surface area contributed by atoms with E-state index in [-0.39, 0.29) is 17.7 Å². The third kappa shape index (κ3) is 3.53. The molecule has 100 valence electrons. The summed E-state index contributed by atoms with van der Waals surface area (Å²) in [4.78, 5) is 29.2. The van der Waals surface area contributed by atoms with Gasteiger partial charge in [-0.3, -0.25) is 14.5 Å². The van der Waals surface area contributed by atoms with Gasteiger partial charge in [0.15, 0.2) is 5.13 Å². The van der Waals surface area contributed by atoms with Crippen LogP contribution >= 0.6 is 11.3 Å². The monoisotopic (exact) mass is 269 g/mol. The normalized spacial score (nSPS) is 12.3. The molecule has 0 radical (unpaired) electrons. The minimum atomic E-state index is -0.517. The molecular formula is C12H19N3O2S. The number of hydrogen-bond acceptors (Lipinski definition) is 4. The lowest BCUT2D eigenvalue weighted by Gasteiger charge is -2.25. The average molecular weight is 269 g/mol. The van der Waals surface area contributed by atoms with E-state index in [4.69, 9.17) is 0 Å². The lowest BCUT2D eigenvalue weighted by molar-refractivity contribution is -0.127. The zero-order valence-corrected chi connectivity index (χ0v) is 12.2. The summed E-state index contributed by atoms with van der Waals surface area (Å²) in [6.45, 7) is 7.10. The second-order valence-corrected chi connectivity index (χ2v) is 5.43. The highest BCUT2D eigenvalue weighted by Crippen LogP contribution is 2.20. The van der Waals surface area contributed by atoms with Crippen molar-refractivity contribution in [1.82, 2.24) is 10.3 Å². The molecule has 0 saturated carbocycles. The molecule has 6 heteroatoms. The van der Waals surface area contributed by atoms with Crippen molar-refractivity contribution in [3.63, 3.8) is 0 Å². The van der Waals surface area contributed by atoms with E-state index in [0.717, 1.165) is 5.69 Å². The van der Waals surface area contributed by atoms with Crippen LogP contribution in [0.1, 0.15) is 26.5 Å². The molecule has 0 aromatic carbocycles. The van der Waals surface area contributed by atoms with E-state index < -0.39 is 6.04 Å². The van der Waals surface area contributed by atoms with Gasteiger partial charge in [0.2, 0.25) is 5.91 Å². The van der Waals surface area contributed by atoms with Crippen LogP contribution in [0.5, 0.6) is 0 Å². The molecule has 0 unspecified atom stereocenters. The van der Waals surface area contributed by atoms with Gasteiger partial charge in [-0.1, -0.05) is 13.8 Å². The van der Waals surface area contributed by atoms with Gasteiger partial charge in [-0.25, -0.2) is 4.98 Å². The Morgan fingerprint density at radius 1 is 1.44 bits per heavy atom. The van der Waals surface area contributed by atoms with Crippen molar-refractivity contribution in [2.75, 3.05) is 11.9 Å². The van der Waals surface area contributed by atoms with Crippen molar-refractivity contribution in [3.05, 3.63) is 11.1 Å². The van der Waals surface area contributed by atoms with Crippen LogP contribution in [0, 0.1) is 12.8 Å². The first-order chi connectivity index (χ1) is 8.32. The summed E-state index contributed by atoms with van der Waals surface area (Å²) in [5, 5.41) is 5.22. The third-order valence-corrected chi connectivity index (χ3v) is 3.55. The number of hydrogen-bond donors (Lipinski definition) is 1. The van der Waals surface area contributed by atoms with E-state index in [1.54, 1.807) is 7.05 Å². The van der Waals surface area contributed by atoms with E-state index in [9.17, 15) is 9.59 Å². The summed E-state index contributed by atoms with van der Waals surface area (Å²) in [7, 11) is 1.68. The number of aryl methyl sites for hydroxylation is 1. The Hall–Kier alpha value is -1.43. The summed E-state index contributed by atoms with van der Waals surface area (Å²) < 4.78 is 0. The Bertz CT molecular complexity index is 442. The van der Waals surface area contributed by atoms with Crippen LogP contribution in [0.4, 0.5) is 5.13 Å². The quantitative estimate of drug-likeness (QED) is 0.902. The first-order valence-corrected chi connectivity index (χ1v) is 6.67. The van der Waals surface area contributed by atoms with E-state index in [1.807, 2.05) is 26.2 Å². The average Bonchev–Trinajstić information content (AvgIpc) is 2.70. The first kappa shape index (κ1) is 14.6. The topological polar surface area (TPSA) is 62.3 Å². The summed E-state index contributed by atoms with van der Waals surface area (Å²) >= 11 is 1.42. The third-order valence-electron chi connectivity index (χ3n) is 2.52. The lowest BCUT2D eigenvalue weighted by Crippen LogP contribution is -2.49. The fraction of sp³-hybridized carbons (Fsp3) is 0.583. The molecule has 18 heavy (non-hydrogen) atoms. The molecule has 5 nitrogen and oxygen atoms in total. The highest BCUT2D eigenvalue weighted by atomic mass is 32.1. The SMILES string of the molecule is CC(=O)N[C@H](C(=O)N(C)c1nc(C)cs1)C(C)C. The van der Waals surface area contributed by atoms with Crippen molar-refractivity contribution >= 4 is 28.3 Å². The molecule has 1 atom stereocenters. The highest BCUT2D eigenvalue weighted by molar-refractivity contribution is 7.14. The van der Waals surface area contributed by atoms with Crippen LogP contribution < -0.4 is 10.2 Å². The Morgan fingerprint density at radius 2 is 2.06 bits per heavy atom. The van der Waals surface area contributed by atoms with Gasteiger partial charge in [-0.2, -0.15) is 0 Å². The lowest BCUT2D eigenvalue weighted by atomic mass is 10.0. The van der Waals surface area contributed by atoms with Crippen molar-refractivity contribution in [3.8, 4) is 0 Å². The molecule has 1 aromatic heterocycles. The molecule has 0 bridgehead atoms. The number of carbonyl (C=O) groups is 2. The fourth-order valence-electron chi connectivity index (χ4n) is 1.53. The van der Waals surface area contributed by atoms with Gasteiger partial charge in [0.1, 0.15) is 6.04 Å². The highest BCUT2D eigenvalue weighted by Gasteiger charge is 2.27. The Kier molecular flexibility index (Phi) is 4.84. The van der Waals surface area contributed by atoms with Crippen LogP contribution in [-0.4, -0.2) is 29.9 Å². The number of anilines is 1. The van der Waals surface area contributed by atoms with Crippen LogP contribution in [0.2, 0.25) is 0 Å². The smallest absolute Gasteiger partial charge is 0.251 e. The van der Waals surface area contributed by atoms with Crippen molar-refractivity contribution in [2.24, 2.45) is 5.92 Å². The molecular weight excluding hydrogens is 250 g/mol. The summed E-state index contributed by atoms with van der Waals surface area (Å²) in [6.07, 6.45) is 0. The molecule has 0 saturated heterocycles. The number of amides is 2. The van der Waals surface area contributed by atoms with Crippen molar-refractivity contribution in [2.45, 2.75) is 33.7 Å². The molecule has 0 aliphatic heterocycles. The molecule has 1 aromatic rings. The zero-order chi connectivity index (χ0) is 13.9. The van der Waals surface area contributed by atoms with Crippen molar-refractivity contribution in [1.29, 1.82) is 0 Å². The summed E-state index contributed by atoms with van der Waals surface area (Å²) in [5.41, 5.74) is 0.885. The maximum atomic E-state index is 12.3. The van der Waals surface area contributed by atoms with Crippen LogP contribution in [0.25, 0.3) is 0 Å². The largest absolute Gasteiger partial charge is 0.344 e.